The third-order valence-electron chi connectivity index (χ3n) is 2.58. The summed E-state index contributed by atoms with van der Waals surface area (Å²) in [5.74, 6) is -0.356. The highest BCUT2D eigenvalue weighted by atomic mass is 79.9. The number of aryl methyl sites for hydroxylation is 1. The Balaban J connectivity index is 2.46. The summed E-state index contributed by atoms with van der Waals surface area (Å²) < 4.78 is 14.4. The number of benzene rings is 2. The lowest BCUT2D eigenvalue weighted by Gasteiger charge is -2.12. The molecule has 2 nitrogen and oxygen atoms in total. The number of nitrogens with one attached hydrogen (secondary N) is 1. The summed E-state index contributed by atoms with van der Waals surface area (Å²) >= 11 is 3.29. The van der Waals surface area contributed by atoms with Gasteiger partial charge in [0.1, 0.15) is 11.9 Å². The number of hydrogen-bond acceptors (Lipinski definition) is 2. The Hall–Kier alpha value is -1.86. The summed E-state index contributed by atoms with van der Waals surface area (Å²) in [7, 11) is 0. The summed E-state index contributed by atoms with van der Waals surface area (Å²) in [5.41, 5.74) is 2.37. The van der Waals surface area contributed by atoms with E-state index in [4.69, 9.17) is 5.26 Å². The van der Waals surface area contributed by atoms with Crippen LogP contribution in [-0.2, 0) is 0 Å². The van der Waals surface area contributed by atoms with Crippen molar-refractivity contribution in [3.8, 4) is 6.07 Å². The molecule has 1 N–H and O–H groups in total. The first-order valence-corrected chi connectivity index (χ1v) is 6.13. The van der Waals surface area contributed by atoms with Crippen molar-refractivity contribution in [2.75, 3.05) is 5.32 Å². The fourth-order valence-electron chi connectivity index (χ4n) is 1.65. The van der Waals surface area contributed by atoms with Crippen LogP contribution in [-0.4, -0.2) is 0 Å². The van der Waals surface area contributed by atoms with E-state index in [0.29, 0.717) is 16.9 Å². The summed E-state index contributed by atoms with van der Waals surface area (Å²) in [5, 5.41) is 12.0. The molecule has 0 atom stereocenters. The summed E-state index contributed by atoms with van der Waals surface area (Å²) in [6.07, 6.45) is 0. The molecule has 0 heterocycles. The van der Waals surface area contributed by atoms with E-state index in [9.17, 15) is 4.39 Å². The highest BCUT2D eigenvalue weighted by Crippen LogP contribution is 2.27. The Morgan fingerprint density at radius 3 is 2.78 bits per heavy atom. The Kier molecular flexibility index (Phi) is 3.63. The topological polar surface area (TPSA) is 35.8 Å². The van der Waals surface area contributed by atoms with Crippen LogP contribution >= 0.6 is 15.9 Å². The minimum Gasteiger partial charge on any atom is -0.352 e. The van der Waals surface area contributed by atoms with Crippen LogP contribution in [0.4, 0.5) is 15.8 Å². The molecule has 0 unspecified atom stereocenters. The van der Waals surface area contributed by atoms with Gasteiger partial charge in [-0.15, -0.1) is 0 Å². The molecule has 0 aromatic heterocycles. The Labute approximate surface area is 113 Å². The third-order valence-corrected chi connectivity index (χ3v) is 3.07. The average molecular weight is 305 g/mol. The van der Waals surface area contributed by atoms with Gasteiger partial charge in [-0.2, -0.15) is 5.26 Å². The van der Waals surface area contributed by atoms with Gasteiger partial charge in [-0.1, -0.05) is 28.1 Å². The van der Waals surface area contributed by atoms with Crippen LogP contribution in [0.1, 0.15) is 11.1 Å². The number of nitriles is 1. The van der Waals surface area contributed by atoms with Gasteiger partial charge in [-0.25, -0.2) is 4.39 Å². The second-order valence-electron chi connectivity index (χ2n) is 3.86. The summed E-state index contributed by atoms with van der Waals surface area (Å²) in [6, 6.07) is 12.1. The van der Waals surface area contributed by atoms with Gasteiger partial charge < -0.3 is 5.32 Å². The van der Waals surface area contributed by atoms with Crippen molar-refractivity contribution in [2.24, 2.45) is 0 Å². The predicted molar refractivity (Wildman–Crippen MR) is 73.3 cm³/mol. The SMILES string of the molecule is Cc1cccc(C#N)c1Nc1cc(Br)ccc1F. The van der Waals surface area contributed by atoms with Crippen LogP contribution in [0.25, 0.3) is 0 Å². The molecule has 0 amide bonds. The number of anilines is 2. The van der Waals surface area contributed by atoms with Crippen LogP contribution in [0, 0.1) is 24.1 Å². The van der Waals surface area contributed by atoms with Gasteiger partial charge in [-0.3, -0.25) is 0 Å². The number of hydrogen-bond donors (Lipinski definition) is 1. The number of rotatable bonds is 2. The normalized spacial score (nSPS) is 9.89. The number of nitrogens with zero attached hydrogens (tertiary/aromatic N) is 1. The van der Waals surface area contributed by atoms with E-state index in [0.717, 1.165) is 10.0 Å². The number of para-hydroxylation sites is 1. The van der Waals surface area contributed by atoms with Gasteiger partial charge >= 0.3 is 0 Å². The maximum absolute atomic E-state index is 13.7. The van der Waals surface area contributed by atoms with E-state index in [1.54, 1.807) is 24.3 Å². The van der Waals surface area contributed by atoms with Crippen LogP contribution < -0.4 is 5.32 Å². The fraction of sp³-hybridized carbons (Fsp3) is 0.0714. The highest BCUT2D eigenvalue weighted by Gasteiger charge is 2.08. The zero-order valence-electron chi connectivity index (χ0n) is 9.67. The van der Waals surface area contributed by atoms with E-state index >= 15 is 0 Å². The van der Waals surface area contributed by atoms with E-state index < -0.39 is 0 Å². The second-order valence-corrected chi connectivity index (χ2v) is 4.77. The van der Waals surface area contributed by atoms with Gasteiger partial charge in [0.25, 0.3) is 0 Å². The van der Waals surface area contributed by atoms with Gasteiger partial charge in [0.15, 0.2) is 0 Å². The first kappa shape index (κ1) is 12.6. The van der Waals surface area contributed by atoms with Crippen molar-refractivity contribution in [1.82, 2.24) is 0 Å². The minimum absolute atomic E-state index is 0.343. The molecule has 90 valence electrons. The molecule has 0 fully saturated rings. The van der Waals surface area contributed by atoms with Crippen molar-refractivity contribution in [2.45, 2.75) is 6.92 Å². The molecule has 0 aliphatic heterocycles. The van der Waals surface area contributed by atoms with Crippen LogP contribution in [0.15, 0.2) is 40.9 Å². The lowest BCUT2D eigenvalue weighted by molar-refractivity contribution is 0.631. The zero-order chi connectivity index (χ0) is 13.1. The molecular formula is C14H10BrFN2. The lowest BCUT2D eigenvalue weighted by Crippen LogP contribution is -1.98. The maximum atomic E-state index is 13.7. The van der Waals surface area contributed by atoms with Gasteiger partial charge in [0.2, 0.25) is 0 Å². The first-order chi connectivity index (χ1) is 8.61. The largest absolute Gasteiger partial charge is 0.352 e. The van der Waals surface area contributed by atoms with Gasteiger partial charge in [-0.05, 0) is 36.8 Å². The Bertz CT molecular complexity index is 632. The van der Waals surface area contributed by atoms with Crippen molar-refractivity contribution >= 4 is 27.3 Å². The first-order valence-electron chi connectivity index (χ1n) is 5.33. The maximum Gasteiger partial charge on any atom is 0.146 e. The van der Waals surface area contributed by atoms with Crippen molar-refractivity contribution in [1.29, 1.82) is 5.26 Å². The molecule has 0 bridgehead atoms. The molecule has 2 aromatic carbocycles. The molecule has 0 radical (unpaired) electrons. The molecule has 0 saturated heterocycles. The highest BCUT2D eigenvalue weighted by molar-refractivity contribution is 9.10. The zero-order valence-corrected chi connectivity index (χ0v) is 11.3. The molecule has 0 spiro atoms. The van der Waals surface area contributed by atoms with Gasteiger partial charge in [0, 0.05) is 4.47 Å². The van der Waals surface area contributed by atoms with Crippen molar-refractivity contribution < 1.29 is 4.39 Å². The molecule has 0 aliphatic rings. The molecule has 2 rings (SSSR count). The van der Waals surface area contributed by atoms with E-state index in [2.05, 4.69) is 27.3 Å². The predicted octanol–water partition coefficient (Wildman–Crippen LogP) is 4.51. The summed E-state index contributed by atoms with van der Waals surface area (Å²) in [6.45, 7) is 1.87. The third kappa shape index (κ3) is 2.52. The van der Waals surface area contributed by atoms with E-state index in [-0.39, 0.29) is 5.82 Å². The van der Waals surface area contributed by atoms with E-state index in [1.807, 2.05) is 13.0 Å². The smallest absolute Gasteiger partial charge is 0.146 e. The molecule has 0 aliphatic carbocycles. The molecule has 18 heavy (non-hydrogen) atoms. The fourth-order valence-corrected chi connectivity index (χ4v) is 2.02. The molecule has 0 saturated carbocycles. The Morgan fingerprint density at radius 2 is 2.06 bits per heavy atom. The van der Waals surface area contributed by atoms with Crippen molar-refractivity contribution in [3.63, 3.8) is 0 Å². The number of halogens is 2. The quantitative estimate of drug-likeness (QED) is 0.886. The summed E-state index contributed by atoms with van der Waals surface area (Å²) in [4.78, 5) is 0. The lowest BCUT2D eigenvalue weighted by atomic mass is 10.1. The average Bonchev–Trinajstić information content (AvgIpc) is 2.36. The monoisotopic (exact) mass is 304 g/mol. The van der Waals surface area contributed by atoms with Crippen molar-refractivity contribution in [3.05, 3.63) is 57.8 Å². The van der Waals surface area contributed by atoms with E-state index in [1.165, 1.54) is 6.07 Å². The Morgan fingerprint density at radius 1 is 1.28 bits per heavy atom. The van der Waals surface area contributed by atoms with Crippen LogP contribution in [0.3, 0.4) is 0 Å². The van der Waals surface area contributed by atoms with Gasteiger partial charge in [0.05, 0.1) is 16.9 Å². The minimum atomic E-state index is -0.356. The van der Waals surface area contributed by atoms with Crippen LogP contribution in [0.5, 0.6) is 0 Å². The van der Waals surface area contributed by atoms with Crippen LogP contribution in [0.2, 0.25) is 0 Å². The second kappa shape index (κ2) is 5.19. The molecule has 2 aromatic rings. The molecule has 4 heteroatoms. The standard InChI is InChI=1S/C14H10BrFN2/c1-9-3-2-4-10(8-17)14(9)18-13-7-11(15)5-6-12(13)16/h2-7,18H,1H3. The molecular weight excluding hydrogens is 295 g/mol.